The van der Waals surface area contributed by atoms with E-state index >= 15 is 0 Å². The summed E-state index contributed by atoms with van der Waals surface area (Å²) in [6.07, 6.45) is 1.43. The molecule has 1 saturated carbocycles. The minimum absolute atomic E-state index is 0.0413. The Hall–Kier alpha value is -2.37. The highest BCUT2D eigenvalue weighted by Gasteiger charge is 2.49. The molecule has 2 aliphatic rings. The Kier molecular flexibility index (Phi) is 4.32. The molecule has 1 aromatic carbocycles. The van der Waals surface area contributed by atoms with Crippen molar-refractivity contribution in [2.75, 3.05) is 31.5 Å². The molecular formula is C17H21N3O3. The van der Waals surface area contributed by atoms with Gasteiger partial charge in [0.1, 0.15) is 0 Å². The Bertz CT molecular complexity index is 606. The maximum Gasteiger partial charge on any atom is 0.228 e. The summed E-state index contributed by atoms with van der Waals surface area (Å²) in [7, 11) is 0. The number of carbonyl (C=O) groups is 3. The number of nitrogens with one attached hydrogen (secondary N) is 1. The summed E-state index contributed by atoms with van der Waals surface area (Å²) in [6, 6.07) is 7.62. The third kappa shape index (κ3) is 3.52. The number of rotatable bonds is 4. The van der Waals surface area contributed by atoms with Crippen LogP contribution in [0.4, 0.5) is 5.69 Å². The van der Waals surface area contributed by atoms with Crippen molar-refractivity contribution in [2.45, 2.75) is 13.3 Å². The Morgan fingerprint density at radius 3 is 2.35 bits per heavy atom. The number of hydrogen-bond donors (Lipinski definition) is 1. The van der Waals surface area contributed by atoms with Crippen molar-refractivity contribution in [1.82, 2.24) is 9.80 Å². The monoisotopic (exact) mass is 315 g/mol. The predicted molar refractivity (Wildman–Crippen MR) is 85.6 cm³/mol. The second-order valence-corrected chi connectivity index (χ2v) is 6.27. The third-order valence-electron chi connectivity index (χ3n) is 4.54. The first-order valence-corrected chi connectivity index (χ1v) is 7.94. The van der Waals surface area contributed by atoms with Gasteiger partial charge in [0.05, 0.1) is 11.8 Å². The van der Waals surface area contributed by atoms with E-state index in [-0.39, 0.29) is 23.7 Å². The number of aryl methyl sites for hydroxylation is 1. The fourth-order valence-electron chi connectivity index (χ4n) is 2.91. The summed E-state index contributed by atoms with van der Waals surface area (Å²) in [5.41, 5.74) is 1.90. The third-order valence-corrected chi connectivity index (χ3v) is 4.54. The van der Waals surface area contributed by atoms with Gasteiger partial charge in [-0.3, -0.25) is 14.4 Å². The smallest absolute Gasteiger partial charge is 0.228 e. The number of carbonyl (C=O) groups excluding carboxylic acids is 3. The van der Waals surface area contributed by atoms with Crippen LogP contribution >= 0.6 is 0 Å². The van der Waals surface area contributed by atoms with Gasteiger partial charge in [0.2, 0.25) is 18.2 Å². The zero-order valence-corrected chi connectivity index (χ0v) is 13.2. The SMILES string of the molecule is Cc1ccc(NC(=O)C2CC2C(=O)N2CCN(C=O)CC2)cc1. The summed E-state index contributed by atoms with van der Waals surface area (Å²) >= 11 is 0. The lowest BCUT2D eigenvalue weighted by atomic mass is 10.2. The van der Waals surface area contributed by atoms with Crippen LogP contribution in [0.2, 0.25) is 0 Å². The van der Waals surface area contributed by atoms with Gasteiger partial charge in [0, 0.05) is 31.9 Å². The van der Waals surface area contributed by atoms with Gasteiger partial charge >= 0.3 is 0 Å². The van der Waals surface area contributed by atoms with Crippen molar-refractivity contribution < 1.29 is 14.4 Å². The summed E-state index contributed by atoms with van der Waals surface area (Å²) in [4.78, 5) is 38.7. The van der Waals surface area contributed by atoms with E-state index < -0.39 is 0 Å². The van der Waals surface area contributed by atoms with E-state index in [9.17, 15) is 14.4 Å². The fraction of sp³-hybridized carbons (Fsp3) is 0.471. The van der Waals surface area contributed by atoms with E-state index in [0.717, 1.165) is 17.7 Å². The summed E-state index contributed by atoms with van der Waals surface area (Å²) in [6.45, 7) is 4.25. The molecule has 1 saturated heterocycles. The van der Waals surface area contributed by atoms with Crippen LogP contribution in [0, 0.1) is 18.8 Å². The van der Waals surface area contributed by atoms with Crippen LogP contribution in [0.5, 0.6) is 0 Å². The number of piperazine rings is 1. The molecule has 2 atom stereocenters. The van der Waals surface area contributed by atoms with Crippen LogP contribution in [0.25, 0.3) is 0 Å². The molecule has 6 heteroatoms. The van der Waals surface area contributed by atoms with Crippen molar-refractivity contribution in [2.24, 2.45) is 11.8 Å². The van der Waals surface area contributed by atoms with E-state index in [0.29, 0.717) is 32.6 Å². The highest BCUT2D eigenvalue weighted by molar-refractivity contribution is 5.99. The van der Waals surface area contributed by atoms with Gasteiger partial charge in [-0.15, -0.1) is 0 Å². The van der Waals surface area contributed by atoms with E-state index in [1.165, 1.54) is 0 Å². The average molecular weight is 315 g/mol. The summed E-state index contributed by atoms with van der Waals surface area (Å²) < 4.78 is 0. The predicted octanol–water partition coefficient (Wildman–Crippen LogP) is 0.870. The van der Waals surface area contributed by atoms with Crippen molar-refractivity contribution in [1.29, 1.82) is 0 Å². The lowest BCUT2D eigenvalue weighted by molar-refractivity contribution is -0.137. The van der Waals surface area contributed by atoms with Crippen molar-refractivity contribution in [3.8, 4) is 0 Å². The largest absolute Gasteiger partial charge is 0.342 e. The van der Waals surface area contributed by atoms with Crippen LogP contribution in [-0.4, -0.2) is 54.2 Å². The van der Waals surface area contributed by atoms with Crippen LogP contribution in [0.3, 0.4) is 0 Å². The molecule has 3 rings (SSSR count). The number of nitrogens with zero attached hydrogens (tertiary/aromatic N) is 2. The normalized spacial score (nSPS) is 23.3. The molecule has 0 bridgehead atoms. The van der Waals surface area contributed by atoms with Gasteiger partial charge in [-0.2, -0.15) is 0 Å². The molecule has 3 amide bonds. The van der Waals surface area contributed by atoms with E-state index in [1.54, 1.807) is 9.80 Å². The molecule has 0 radical (unpaired) electrons. The molecule has 0 spiro atoms. The first-order valence-electron chi connectivity index (χ1n) is 7.94. The van der Waals surface area contributed by atoms with Crippen molar-refractivity contribution >= 4 is 23.9 Å². The Balaban J connectivity index is 1.50. The van der Waals surface area contributed by atoms with Gasteiger partial charge in [0.25, 0.3) is 0 Å². The molecular weight excluding hydrogens is 294 g/mol. The minimum Gasteiger partial charge on any atom is -0.342 e. The van der Waals surface area contributed by atoms with E-state index in [4.69, 9.17) is 0 Å². The van der Waals surface area contributed by atoms with Gasteiger partial charge in [0.15, 0.2) is 0 Å². The number of benzene rings is 1. The molecule has 1 aromatic rings. The maximum atomic E-state index is 12.4. The van der Waals surface area contributed by atoms with Crippen LogP contribution < -0.4 is 5.32 Å². The highest BCUT2D eigenvalue weighted by Crippen LogP contribution is 2.41. The van der Waals surface area contributed by atoms with E-state index in [1.807, 2.05) is 31.2 Å². The average Bonchev–Trinajstić information content (AvgIpc) is 3.37. The zero-order valence-electron chi connectivity index (χ0n) is 13.2. The topological polar surface area (TPSA) is 69.7 Å². The minimum atomic E-state index is -0.229. The van der Waals surface area contributed by atoms with Gasteiger partial charge in [-0.05, 0) is 25.5 Å². The molecule has 23 heavy (non-hydrogen) atoms. The van der Waals surface area contributed by atoms with Crippen molar-refractivity contribution in [3.05, 3.63) is 29.8 Å². The molecule has 2 fully saturated rings. The lowest BCUT2D eigenvalue weighted by Gasteiger charge is -2.32. The molecule has 122 valence electrons. The molecule has 1 aliphatic carbocycles. The summed E-state index contributed by atoms with van der Waals surface area (Å²) in [5, 5.41) is 2.87. The number of amides is 3. The first kappa shape index (κ1) is 15.5. The van der Waals surface area contributed by atoms with Crippen LogP contribution in [-0.2, 0) is 14.4 Å². The second-order valence-electron chi connectivity index (χ2n) is 6.27. The van der Waals surface area contributed by atoms with Crippen LogP contribution in [0.15, 0.2) is 24.3 Å². The molecule has 2 unspecified atom stereocenters. The lowest BCUT2D eigenvalue weighted by Crippen LogP contribution is -2.48. The quantitative estimate of drug-likeness (QED) is 0.838. The number of anilines is 1. The zero-order chi connectivity index (χ0) is 16.4. The Labute approximate surface area is 135 Å². The molecule has 0 aromatic heterocycles. The fourth-order valence-corrected chi connectivity index (χ4v) is 2.91. The molecule has 6 nitrogen and oxygen atoms in total. The first-order chi connectivity index (χ1) is 11.1. The molecule has 1 heterocycles. The van der Waals surface area contributed by atoms with Gasteiger partial charge in [-0.1, -0.05) is 17.7 Å². The highest BCUT2D eigenvalue weighted by atomic mass is 16.2. The molecule has 1 aliphatic heterocycles. The summed E-state index contributed by atoms with van der Waals surface area (Å²) in [5.74, 6) is -0.477. The van der Waals surface area contributed by atoms with Crippen molar-refractivity contribution in [3.63, 3.8) is 0 Å². The number of hydrogen-bond acceptors (Lipinski definition) is 3. The molecule has 1 N–H and O–H groups in total. The van der Waals surface area contributed by atoms with Gasteiger partial charge in [-0.25, -0.2) is 0 Å². The van der Waals surface area contributed by atoms with Gasteiger partial charge < -0.3 is 15.1 Å². The second kappa shape index (κ2) is 6.40. The van der Waals surface area contributed by atoms with E-state index in [2.05, 4.69) is 5.32 Å². The van der Waals surface area contributed by atoms with Crippen LogP contribution in [0.1, 0.15) is 12.0 Å². The Morgan fingerprint density at radius 1 is 1.09 bits per heavy atom. The standard InChI is InChI=1S/C17H21N3O3/c1-12-2-4-13(5-3-12)18-16(22)14-10-15(14)17(23)20-8-6-19(11-21)7-9-20/h2-5,11,14-15H,6-10H2,1H3,(H,18,22). The Morgan fingerprint density at radius 2 is 1.74 bits per heavy atom. The maximum absolute atomic E-state index is 12.4.